The number of hydrogen-bond acceptors (Lipinski definition) is 12. The van der Waals surface area contributed by atoms with Gasteiger partial charge in [0.2, 0.25) is 0 Å². The lowest BCUT2D eigenvalue weighted by atomic mass is 9.33. The van der Waals surface area contributed by atoms with Crippen molar-refractivity contribution in [2.24, 2.45) is 50.2 Å². The van der Waals surface area contributed by atoms with Gasteiger partial charge in [-0.05, 0) is 110 Å². The van der Waals surface area contributed by atoms with Crippen LogP contribution in [0.3, 0.4) is 0 Å². The molecule has 0 aromatic heterocycles. The van der Waals surface area contributed by atoms with Crippen molar-refractivity contribution in [1.82, 2.24) is 0 Å². The van der Waals surface area contributed by atoms with E-state index in [1.165, 1.54) is 0 Å². The van der Waals surface area contributed by atoms with Crippen molar-refractivity contribution in [3.05, 3.63) is 11.6 Å². The predicted octanol–water partition coefficient (Wildman–Crippen LogP) is 2.79. The van der Waals surface area contributed by atoms with Gasteiger partial charge in [0.05, 0.1) is 24.7 Å². The summed E-state index contributed by atoms with van der Waals surface area (Å²) in [7, 11) is 0. The first kappa shape index (κ1) is 41.2. The first-order chi connectivity index (χ1) is 25.4. The topological polar surface area (TPSA) is 230 Å². The summed E-state index contributed by atoms with van der Waals surface area (Å²) in [5.74, 6) is -2.50. The Balaban J connectivity index is 1.17. The van der Waals surface area contributed by atoms with Crippen molar-refractivity contribution < 1.29 is 69.1 Å². The number of ketones is 1. The third kappa shape index (κ3) is 5.85. The van der Waals surface area contributed by atoms with Crippen LogP contribution in [-0.2, 0) is 33.3 Å². The van der Waals surface area contributed by atoms with Crippen LogP contribution in [0.5, 0.6) is 0 Å². The van der Waals surface area contributed by atoms with E-state index in [1.807, 2.05) is 13.0 Å². The lowest BCUT2D eigenvalue weighted by Crippen LogP contribution is -2.67. The number of carboxylic acids is 2. The summed E-state index contributed by atoms with van der Waals surface area (Å²) in [6.07, 6.45) is -4.15. The number of carbonyl (C=O) groups is 3. The molecule has 17 atom stereocenters. The van der Waals surface area contributed by atoms with Crippen LogP contribution < -0.4 is 0 Å². The average Bonchev–Trinajstić information content (AvgIpc) is 3.39. The first-order valence-electron chi connectivity index (χ1n) is 20.1. The molecule has 14 nitrogen and oxygen atoms in total. The number of fused-ring (bicyclic) bond motifs is 7. The smallest absolute Gasteiger partial charge is 0.335 e. The highest BCUT2D eigenvalue weighted by Crippen LogP contribution is 2.75. The lowest BCUT2D eigenvalue weighted by Gasteiger charge is -2.70. The molecule has 4 saturated carbocycles. The van der Waals surface area contributed by atoms with Crippen molar-refractivity contribution in [1.29, 1.82) is 0 Å². The van der Waals surface area contributed by atoms with E-state index in [0.717, 1.165) is 37.7 Å². The van der Waals surface area contributed by atoms with Crippen LogP contribution in [0.15, 0.2) is 11.6 Å². The third-order valence-corrected chi connectivity index (χ3v) is 17.0. The summed E-state index contributed by atoms with van der Waals surface area (Å²) in [6, 6.07) is 0. The molecule has 6 fully saturated rings. The van der Waals surface area contributed by atoms with Crippen LogP contribution in [-0.4, -0.2) is 121 Å². The second-order valence-corrected chi connectivity index (χ2v) is 20.3. The van der Waals surface area contributed by atoms with Gasteiger partial charge in [0, 0.05) is 5.92 Å². The highest BCUT2D eigenvalue weighted by Gasteiger charge is 2.71. The standard InChI is InChI=1S/C41H62O14/c1-35(2)23-8-11-40(7)29(22(43)16-20-21-17-37(4,34(49)50)13-12-36(21,3)14-15-39(20,40)6)38(23,5)10-9-24(35)53-32-28(26(45)25(44)27(54-32)31(47)48)55-33-30(46)41(51,18-42)19-52-33/h16,21,23-30,32-33,42,44-46,51H,8-15,17-19H2,1-7H3,(H,47,48)(H,49,50). The van der Waals surface area contributed by atoms with Gasteiger partial charge in [-0.3, -0.25) is 9.59 Å². The van der Waals surface area contributed by atoms with Gasteiger partial charge in [-0.25, -0.2) is 4.79 Å². The van der Waals surface area contributed by atoms with Crippen molar-refractivity contribution in [2.45, 2.75) is 161 Å². The van der Waals surface area contributed by atoms with Gasteiger partial charge in [-0.2, -0.15) is 0 Å². The molecular weight excluding hydrogens is 716 g/mol. The van der Waals surface area contributed by atoms with Gasteiger partial charge in [0.25, 0.3) is 0 Å². The van der Waals surface area contributed by atoms with E-state index in [4.69, 9.17) is 18.9 Å². The van der Waals surface area contributed by atoms with Crippen molar-refractivity contribution in [3.8, 4) is 0 Å². The van der Waals surface area contributed by atoms with Crippen LogP contribution in [0.2, 0.25) is 0 Å². The molecule has 2 heterocycles. The Kier molecular flexibility index (Phi) is 9.92. The van der Waals surface area contributed by atoms with E-state index in [-0.39, 0.29) is 39.8 Å². The first-order valence-corrected chi connectivity index (χ1v) is 20.1. The number of rotatable bonds is 7. The van der Waals surface area contributed by atoms with Gasteiger partial charge in [0.1, 0.15) is 30.0 Å². The Morgan fingerprint density at radius 3 is 2.16 bits per heavy atom. The molecule has 0 aromatic rings. The van der Waals surface area contributed by atoms with Crippen LogP contribution >= 0.6 is 0 Å². The zero-order chi connectivity index (χ0) is 40.5. The summed E-state index contributed by atoms with van der Waals surface area (Å²) in [5.41, 5.74) is -3.52. The van der Waals surface area contributed by atoms with E-state index < -0.39 is 96.2 Å². The van der Waals surface area contributed by atoms with Gasteiger partial charge >= 0.3 is 11.9 Å². The van der Waals surface area contributed by atoms with Gasteiger partial charge in [0.15, 0.2) is 24.5 Å². The fraction of sp³-hybridized carbons (Fsp3) is 0.878. The van der Waals surface area contributed by atoms with Gasteiger partial charge < -0.3 is 54.7 Å². The maximum absolute atomic E-state index is 14.8. The lowest BCUT2D eigenvalue weighted by molar-refractivity contribution is -0.349. The molecule has 0 amide bonds. The second-order valence-electron chi connectivity index (χ2n) is 20.3. The maximum atomic E-state index is 14.8. The SMILES string of the molecule is CC1(C(=O)O)CCC2(C)CCC3(C)C(=CC(=O)C4C5(C)CCC(OC6OC(C(=O)O)C(O)C(O)C6OC6OCC(O)(CO)C6O)C(C)(C)C5CCC43C)C2C1. The average molecular weight is 779 g/mol. The Morgan fingerprint density at radius 2 is 1.55 bits per heavy atom. The molecule has 310 valence electrons. The fourth-order valence-electron chi connectivity index (χ4n) is 13.1. The molecule has 0 aromatic carbocycles. The number of aliphatic carboxylic acids is 2. The van der Waals surface area contributed by atoms with Gasteiger partial charge in [-0.1, -0.05) is 47.1 Å². The van der Waals surface area contributed by atoms with E-state index in [1.54, 1.807) is 0 Å². The molecule has 55 heavy (non-hydrogen) atoms. The highest BCUT2D eigenvalue weighted by atomic mass is 16.8. The zero-order valence-electron chi connectivity index (χ0n) is 33.2. The molecule has 2 saturated heterocycles. The molecule has 5 aliphatic carbocycles. The van der Waals surface area contributed by atoms with Crippen LogP contribution in [0.25, 0.3) is 0 Å². The number of aliphatic hydroxyl groups excluding tert-OH is 4. The van der Waals surface area contributed by atoms with Crippen molar-refractivity contribution in [2.75, 3.05) is 13.2 Å². The molecule has 0 radical (unpaired) electrons. The second kappa shape index (κ2) is 13.3. The van der Waals surface area contributed by atoms with Crippen LogP contribution in [0.4, 0.5) is 0 Å². The monoisotopic (exact) mass is 778 g/mol. The van der Waals surface area contributed by atoms with E-state index in [0.29, 0.717) is 25.7 Å². The van der Waals surface area contributed by atoms with Gasteiger partial charge in [-0.15, -0.1) is 0 Å². The van der Waals surface area contributed by atoms with E-state index in [2.05, 4.69) is 41.5 Å². The number of hydrogen-bond donors (Lipinski definition) is 7. The Hall–Kier alpha value is -2.01. The molecular formula is C41H62O14. The minimum Gasteiger partial charge on any atom is -0.481 e. The summed E-state index contributed by atoms with van der Waals surface area (Å²) < 4.78 is 23.7. The highest BCUT2D eigenvalue weighted by molar-refractivity contribution is 5.95. The zero-order valence-corrected chi connectivity index (χ0v) is 33.2. The fourth-order valence-corrected chi connectivity index (χ4v) is 13.1. The summed E-state index contributed by atoms with van der Waals surface area (Å²) in [6.45, 7) is 13.8. The van der Waals surface area contributed by atoms with E-state index >= 15 is 0 Å². The summed E-state index contributed by atoms with van der Waals surface area (Å²) >= 11 is 0. The molecule has 7 N–H and O–H groups in total. The maximum Gasteiger partial charge on any atom is 0.335 e. The van der Waals surface area contributed by atoms with Crippen LogP contribution in [0.1, 0.15) is 106 Å². The molecule has 14 heteroatoms. The Bertz CT molecular complexity index is 1610. The quantitative estimate of drug-likeness (QED) is 0.185. The normalized spacial score (nSPS) is 53.3. The molecule has 7 rings (SSSR count). The van der Waals surface area contributed by atoms with Crippen LogP contribution in [0, 0.1) is 50.2 Å². The predicted molar refractivity (Wildman–Crippen MR) is 193 cm³/mol. The van der Waals surface area contributed by atoms with Crippen molar-refractivity contribution in [3.63, 3.8) is 0 Å². The summed E-state index contributed by atoms with van der Waals surface area (Å²) in [4.78, 5) is 39.4. The Labute approximate surface area is 322 Å². The molecule has 7 aliphatic rings. The minimum absolute atomic E-state index is 0.0104. The summed E-state index contributed by atoms with van der Waals surface area (Å²) in [5, 5.41) is 72.9. The van der Waals surface area contributed by atoms with Crippen molar-refractivity contribution >= 4 is 17.7 Å². The minimum atomic E-state index is -2.04. The molecule has 2 aliphatic heterocycles. The number of carboxylic acid groups (broad SMARTS) is 2. The largest absolute Gasteiger partial charge is 0.481 e. The number of allylic oxidation sites excluding steroid dienone is 2. The Morgan fingerprint density at radius 1 is 0.873 bits per heavy atom. The number of aliphatic hydroxyl groups is 5. The third-order valence-electron chi connectivity index (χ3n) is 17.0. The van der Waals surface area contributed by atoms with E-state index in [9.17, 15) is 50.1 Å². The number of carbonyl (C=O) groups excluding carboxylic acids is 1. The number of ether oxygens (including phenoxy) is 4. The molecule has 0 spiro atoms. The molecule has 0 bridgehead atoms. The molecule has 17 unspecified atom stereocenters.